The molecule has 1 aliphatic heterocycles. The highest BCUT2D eigenvalue weighted by atomic mass is 32.2. The molecule has 0 bridgehead atoms. The molecule has 2 aromatic rings. The third kappa shape index (κ3) is 4.86. The second-order valence-corrected chi connectivity index (χ2v) is 10.0. The zero-order valence-corrected chi connectivity index (χ0v) is 18.9. The number of halogens is 2. The van der Waals surface area contributed by atoms with E-state index in [0.29, 0.717) is 24.1 Å². The molecule has 3 fully saturated rings. The van der Waals surface area contributed by atoms with Gasteiger partial charge in [-0.3, -0.25) is 9.62 Å². The van der Waals surface area contributed by atoms with E-state index in [9.17, 15) is 9.18 Å². The van der Waals surface area contributed by atoms with Gasteiger partial charge in [0.05, 0.1) is 6.04 Å². The minimum Gasteiger partial charge on any atom is -0.303 e. The average molecular weight is 445 g/mol. The van der Waals surface area contributed by atoms with Gasteiger partial charge in [-0.2, -0.15) is 0 Å². The van der Waals surface area contributed by atoms with Crippen LogP contribution in [0.1, 0.15) is 25.3 Å². The SMILES string of the molecule is CCSNC1C(F)CN(C)C1Cc1cccc(-c2ccccc2)c1F.O=CC12CC1C2. The van der Waals surface area contributed by atoms with Crippen molar-refractivity contribution in [2.75, 3.05) is 19.3 Å². The summed E-state index contributed by atoms with van der Waals surface area (Å²) in [6.45, 7) is 2.41. The van der Waals surface area contributed by atoms with Crippen LogP contribution in [0.2, 0.25) is 0 Å². The third-order valence-corrected chi connectivity index (χ3v) is 7.50. The number of benzene rings is 2. The molecule has 2 aliphatic carbocycles. The smallest absolute Gasteiger partial charge is 0.134 e. The van der Waals surface area contributed by atoms with Gasteiger partial charge < -0.3 is 4.79 Å². The molecular formula is C25H30F2N2OS. The summed E-state index contributed by atoms with van der Waals surface area (Å²) >= 11 is 1.52. The first-order valence-corrected chi connectivity index (χ1v) is 12.0. The van der Waals surface area contributed by atoms with Crippen LogP contribution in [0.15, 0.2) is 48.5 Å². The molecular weight excluding hydrogens is 414 g/mol. The number of nitrogens with zero attached hydrogens (tertiary/aromatic N) is 1. The van der Waals surface area contributed by atoms with Crippen LogP contribution in [0.25, 0.3) is 11.1 Å². The number of rotatable bonds is 7. The summed E-state index contributed by atoms with van der Waals surface area (Å²) in [7, 11) is 1.91. The number of aldehydes is 1. The Balaban J connectivity index is 0.000000325. The standard InChI is InChI=1S/C20H24F2N2S.C5H6O/c1-3-25-23-20-17(21)13-24(2)18(20)12-15-10-7-11-16(19(15)22)14-8-5-4-6-9-14;6-3-5-1-4(5)2-5/h4-11,17-18,20,23H,3,12-13H2,1-2H3;3-4H,1-2H2. The lowest BCUT2D eigenvalue weighted by molar-refractivity contribution is -0.110. The molecule has 0 spiro atoms. The van der Waals surface area contributed by atoms with Crippen LogP contribution in [-0.4, -0.2) is 48.8 Å². The normalized spacial score (nSPS) is 30.8. The monoisotopic (exact) mass is 444 g/mol. The Morgan fingerprint density at radius 1 is 1.19 bits per heavy atom. The molecule has 3 nitrogen and oxygen atoms in total. The minimum atomic E-state index is -0.936. The van der Waals surface area contributed by atoms with E-state index >= 15 is 4.39 Å². The van der Waals surface area contributed by atoms with E-state index in [1.54, 1.807) is 6.07 Å². The van der Waals surface area contributed by atoms with E-state index in [4.69, 9.17) is 0 Å². The largest absolute Gasteiger partial charge is 0.303 e. The Bertz CT molecular complexity index is 904. The molecule has 1 saturated heterocycles. The van der Waals surface area contributed by atoms with Gasteiger partial charge in [0.25, 0.3) is 0 Å². The molecule has 5 rings (SSSR count). The number of carbonyl (C=O) groups excluding carboxylic acids is 1. The van der Waals surface area contributed by atoms with Gasteiger partial charge in [-0.15, -0.1) is 0 Å². The topological polar surface area (TPSA) is 32.3 Å². The van der Waals surface area contributed by atoms with E-state index in [2.05, 4.69) is 4.72 Å². The molecule has 1 N–H and O–H groups in total. The number of likely N-dealkylation sites (tertiary alicyclic amines) is 1. The van der Waals surface area contributed by atoms with Crippen LogP contribution in [0.4, 0.5) is 8.78 Å². The number of alkyl halides is 1. The van der Waals surface area contributed by atoms with Gasteiger partial charge in [-0.1, -0.05) is 67.4 Å². The second kappa shape index (κ2) is 9.39. The highest BCUT2D eigenvalue weighted by Crippen LogP contribution is 2.73. The molecule has 3 atom stereocenters. The van der Waals surface area contributed by atoms with Crippen molar-refractivity contribution in [2.45, 2.75) is 44.4 Å². The minimum absolute atomic E-state index is 0.0606. The number of likely N-dealkylation sites (N-methyl/N-ethyl adjacent to an activating group) is 1. The zero-order valence-electron chi connectivity index (χ0n) is 18.1. The van der Waals surface area contributed by atoms with Crippen molar-refractivity contribution in [3.8, 4) is 11.1 Å². The maximum atomic E-state index is 15.1. The molecule has 3 aliphatic rings. The molecule has 3 unspecified atom stereocenters. The third-order valence-electron chi connectivity index (χ3n) is 6.77. The van der Waals surface area contributed by atoms with Crippen LogP contribution >= 0.6 is 11.9 Å². The van der Waals surface area contributed by atoms with E-state index in [-0.39, 0.29) is 23.3 Å². The lowest BCUT2D eigenvalue weighted by atomic mass is 9.96. The summed E-state index contributed by atoms with van der Waals surface area (Å²) in [6.07, 6.45) is 3.09. The Morgan fingerprint density at radius 2 is 1.90 bits per heavy atom. The van der Waals surface area contributed by atoms with E-state index in [0.717, 1.165) is 23.5 Å². The first kappa shape index (κ1) is 22.4. The molecule has 6 heteroatoms. The summed E-state index contributed by atoms with van der Waals surface area (Å²) in [5.74, 6) is 1.51. The fourth-order valence-electron chi connectivity index (χ4n) is 4.39. The first-order chi connectivity index (χ1) is 15.0. The van der Waals surface area contributed by atoms with Gasteiger partial charge in [0.2, 0.25) is 0 Å². The Kier molecular flexibility index (Phi) is 6.80. The Morgan fingerprint density at radius 3 is 2.48 bits per heavy atom. The van der Waals surface area contributed by atoms with Gasteiger partial charge in [0, 0.05) is 29.3 Å². The quantitative estimate of drug-likeness (QED) is 0.486. The van der Waals surface area contributed by atoms with Crippen molar-refractivity contribution >= 4 is 18.2 Å². The summed E-state index contributed by atoms with van der Waals surface area (Å²) in [6, 6.07) is 14.7. The van der Waals surface area contributed by atoms with Crippen LogP contribution in [-0.2, 0) is 11.2 Å². The van der Waals surface area contributed by atoms with Crippen molar-refractivity contribution in [1.29, 1.82) is 0 Å². The summed E-state index contributed by atoms with van der Waals surface area (Å²) in [5.41, 5.74) is 2.38. The molecule has 0 amide bonds. The van der Waals surface area contributed by atoms with Crippen molar-refractivity contribution in [2.24, 2.45) is 11.3 Å². The molecule has 1 heterocycles. The number of hydrogen-bond acceptors (Lipinski definition) is 4. The van der Waals surface area contributed by atoms with Crippen LogP contribution in [0.5, 0.6) is 0 Å². The van der Waals surface area contributed by atoms with Gasteiger partial charge in [-0.25, -0.2) is 8.78 Å². The molecule has 166 valence electrons. The van der Waals surface area contributed by atoms with Crippen molar-refractivity contribution in [1.82, 2.24) is 9.62 Å². The Hall–Kier alpha value is -1.76. The average Bonchev–Trinajstić information content (AvgIpc) is 3.63. The number of nitrogens with one attached hydrogen (secondary N) is 1. The lowest BCUT2D eigenvalue weighted by Gasteiger charge is -2.26. The molecule has 2 saturated carbocycles. The fraction of sp³-hybridized carbons (Fsp3) is 0.480. The predicted molar refractivity (Wildman–Crippen MR) is 123 cm³/mol. The van der Waals surface area contributed by atoms with E-state index < -0.39 is 6.17 Å². The lowest BCUT2D eigenvalue weighted by Crippen LogP contribution is -2.43. The maximum absolute atomic E-state index is 15.1. The van der Waals surface area contributed by atoms with Crippen molar-refractivity contribution in [3.05, 3.63) is 59.9 Å². The molecule has 2 aromatic carbocycles. The molecule has 0 aromatic heterocycles. The van der Waals surface area contributed by atoms with Crippen LogP contribution in [0, 0.1) is 17.2 Å². The fourth-order valence-corrected chi connectivity index (χ4v) is 5.05. The zero-order chi connectivity index (χ0) is 22.0. The predicted octanol–water partition coefficient (Wildman–Crippen LogP) is 4.91. The Labute approximate surface area is 187 Å². The van der Waals surface area contributed by atoms with Crippen molar-refractivity contribution < 1.29 is 13.6 Å². The second-order valence-electron chi connectivity index (χ2n) is 8.90. The highest BCUT2D eigenvalue weighted by Gasteiger charge is 2.69. The van der Waals surface area contributed by atoms with Gasteiger partial charge >= 0.3 is 0 Å². The number of carbonyl (C=O) groups is 1. The van der Waals surface area contributed by atoms with Crippen LogP contribution < -0.4 is 4.72 Å². The molecule has 31 heavy (non-hydrogen) atoms. The first-order valence-electron chi connectivity index (χ1n) is 11.0. The van der Waals surface area contributed by atoms with Gasteiger partial charge in [0.15, 0.2) is 0 Å². The maximum Gasteiger partial charge on any atom is 0.134 e. The number of fused-ring (bicyclic) bond motifs is 1. The van der Waals surface area contributed by atoms with Gasteiger partial charge in [0.1, 0.15) is 18.3 Å². The highest BCUT2D eigenvalue weighted by molar-refractivity contribution is 7.97. The van der Waals surface area contributed by atoms with Crippen LogP contribution in [0.3, 0.4) is 0 Å². The summed E-state index contributed by atoms with van der Waals surface area (Å²) in [5, 5.41) is 0. The van der Waals surface area contributed by atoms with E-state index in [1.807, 2.05) is 61.3 Å². The van der Waals surface area contributed by atoms with E-state index in [1.165, 1.54) is 24.8 Å². The summed E-state index contributed by atoms with van der Waals surface area (Å²) < 4.78 is 32.7. The molecule has 0 radical (unpaired) electrons. The van der Waals surface area contributed by atoms with Crippen molar-refractivity contribution in [3.63, 3.8) is 0 Å². The van der Waals surface area contributed by atoms with Gasteiger partial charge in [-0.05, 0) is 43.4 Å². The number of hydrogen-bond donors (Lipinski definition) is 1. The summed E-state index contributed by atoms with van der Waals surface area (Å²) in [4.78, 5) is 11.9.